The molecule has 5 heteroatoms. The van der Waals surface area contributed by atoms with Gasteiger partial charge in [-0.15, -0.1) is 0 Å². The molecule has 1 amide bonds. The van der Waals surface area contributed by atoms with Crippen molar-refractivity contribution in [2.24, 2.45) is 0 Å². The van der Waals surface area contributed by atoms with Crippen LogP contribution in [0.5, 0.6) is 5.75 Å². The van der Waals surface area contributed by atoms with Crippen molar-refractivity contribution in [3.63, 3.8) is 0 Å². The van der Waals surface area contributed by atoms with E-state index >= 15 is 0 Å². The molecule has 0 aromatic heterocycles. The maximum absolute atomic E-state index is 12.3. The normalized spacial score (nSPS) is 13.8. The molecular weight excluding hydrogens is 418 g/mol. The second kappa shape index (κ2) is 8.08. The first-order chi connectivity index (χ1) is 13.2. The van der Waals surface area contributed by atoms with Gasteiger partial charge >= 0.3 is 0 Å². The topological polar surface area (TPSA) is 46.6 Å². The fourth-order valence-corrected chi connectivity index (χ4v) is 4.14. The third-order valence-corrected chi connectivity index (χ3v) is 5.53. The van der Waals surface area contributed by atoms with E-state index in [0.717, 1.165) is 28.6 Å². The van der Waals surface area contributed by atoms with Crippen molar-refractivity contribution < 1.29 is 14.3 Å². The molecule has 4 nitrogen and oxygen atoms in total. The van der Waals surface area contributed by atoms with Crippen LogP contribution in [0.3, 0.4) is 0 Å². The molecule has 0 saturated heterocycles. The number of fused-ring (bicyclic) bond motifs is 1. The number of unbranched alkanes of at least 4 members (excludes halogenated alkanes) is 1. The van der Waals surface area contributed by atoms with Crippen LogP contribution in [0.2, 0.25) is 0 Å². The summed E-state index contributed by atoms with van der Waals surface area (Å²) in [6.45, 7) is 9.55. The van der Waals surface area contributed by atoms with E-state index in [-0.39, 0.29) is 5.41 Å². The maximum Gasteiger partial charge on any atom is 0.299 e. The van der Waals surface area contributed by atoms with Gasteiger partial charge in [0.05, 0.1) is 17.9 Å². The predicted octanol–water partition coefficient (Wildman–Crippen LogP) is 5.44. The van der Waals surface area contributed by atoms with Crippen molar-refractivity contribution in [3.8, 4) is 5.75 Å². The molecule has 3 rings (SSSR count). The molecule has 0 aliphatic carbocycles. The van der Waals surface area contributed by atoms with Gasteiger partial charge in [-0.05, 0) is 76.5 Å². The van der Waals surface area contributed by atoms with E-state index < -0.39 is 11.7 Å². The number of anilines is 1. The van der Waals surface area contributed by atoms with Crippen LogP contribution in [0.25, 0.3) is 0 Å². The number of halogens is 1. The Hall–Kier alpha value is -2.14. The highest BCUT2D eigenvalue weighted by Crippen LogP contribution is 2.37. The molecule has 1 aliphatic heterocycles. The molecule has 1 heterocycles. The molecule has 0 fully saturated rings. The van der Waals surface area contributed by atoms with Gasteiger partial charge in [-0.25, -0.2) is 0 Å². The van der Waals surface area contributed by atoms with Crippen molar-refractivity contribution in [3.05, 3.63) is 57.6 Å². The molecule has 28 heavy (non-hydrogen) atoms. The van der Waals surface area contributed by atoms with Gasteiger partial charge in [-0.1, -0.05) is 32.9 Å². The van der Waals surface area contributed by atoms with E-state index in [4.69, 9.17) is 4.74 Å². The van der Waals surface area contributed by atoms with Crippen LogP contribution >= 0.6 is 15.9 Å². The van der Waals surface area contributed by atoms with E-state index in [2.05, 4.69) is 48.8 Å². The number of ketones is 1. The van der Waals surface area contributed by atoms with Gasteiger partial charge in [0.2, 0.25) is 0 Å². The van der Waals surface area contributed by atoms with Crippen LogP contribution in [-0.2, 0) is 10.2 Å². The molecular formula is C23H26BrNO3. The smallest absolute Gasteiger partial charge is 0.299 e. The second-order valence-electron chi connectivity index (χ2n) is 8.26. The molecule has 0 unspecified atom stereocenters. The average molecular weight is 444 g/mol. The quantitative estimate of drug-likeness (QED) is 0.440. The minimum Gasteiger partial charge on any atom is -0.494 e. The number of rotatable bonds is 6. The fraction of sp³-hybridized carbons (Fsp3) is 0.391. The van der Waals surface area contributed by atoms with Crippen molar-refractivity contribution in [2.75, 3.05) is 18.1 Å². The van der Waals surface area contributed by atoms with E-state index in [9.17, 15) is 9.59 Å². The van der Waals surface area contributed by atoms with Crippen molar-refractivity contribution in [1.82, 2.24) is 0 Å². The third-order valence-electron chi connectivity index (χ3n) is 4.93. The number of benzene rings is 2. The summed E-state index contributed by atoms with van der Waals surface area (Å²) in [6.07, 6.45) is 1.57. The third kappa shape index (κ3) is 4.30. The van der Waals surface area contributed by atoms with E-state index in [1.54, 1.807) is 11.0 Å². The number of aryl methyl sites for hydroxylation is 1. The number of hydrogen-bond donors (Lipinski definition) is 0. The number of carbonyl (C=O) groups excluding carboxylic acids is 2. The monoisotopic (exact) mass is 443 g/mol. The Kier molecular flexibility index (Phi) is 5.94. The molecule has 2 aromatic carbocycles. The largest absolute Gasteiger partial charge is 0.494 e. The highest BCUT2D eigenvalue weighted by Gasteiger charge is 2.37. The number of nitrogens with zero attached hydrogens (tertiary/aromatic N) is 1. The van der Waals surface area contributed by atoms with Crippen molar-refractivity contribution >= 4 is 33.3 Å². The van der Waals surface area contributed by atoms with Crippen molar-refractivity contribution in [1.29, 1.82) is 0 Å². The van der Waals surface area contributed by atoms with Gasteiger partial charge in [0, 0.05) is 11.0 Å². The molecule has 0 spiro atoms. The number of Topliss-reactive ketones (excluding diaryl/α,β-unsaturated/α-hetero) is 1. The SMILES string of the molecule is Cc1cc(Br)c2c(c1)C(=O)C(=O)N2CCCCOc1ccc(C(C)(C)C)cc1. The molecule has 0 radical (unpaired) electrons. The number of ether oxygens (including phenoxy) is 1. The van der Waals surface area contributed by atoms with Crippen molar-refractivity contribution in [2.45, 2.75) is 46.0 Å². The van der Waals surface area contributed by atoms with Crippen LogP contribution in [0.4, 0.5) is 5.69 Å². The van der Waals surface area contributed by atoms with Crippen LogP contribution in [0.1, 0.15) is 55.1 Å². The summed E-state index contributed by atoms with van der Waals surface area (Å²) < 4.78 is 6.60. The Morgan fingerprint density at radius 2 is 1.71 bits per heavy atom. The van der Waals surface area contributed by atoms with Gasteiger partial charge in [0.25, 0.3) is 11.7 Å². The lowest BCUT2D eigenvalue weighted by Crippen LogP contribution is -2.31. The van der Waals surface area contributed by atoms with Gasteiger partial charge in [-0.3, -0.25) is 9.59 Å². The molecule has 1 aliphatic rings. The Labute approximate surface area is 175 Å². The maximum atomic E-state index is 12.3. The summed E-state index contributed by atoms with van der Waals surface area (Å²) in [7, 11) is 0. The first-order valence-electron chi connectivity index (χ1n) is 9.58. The van der Waals surface area contributed by atoms with Gasteiger partial charge in [0.15, 0.2) is 0 Å². The van der Waals surface area contributed by atoms with Crippen LogP contribution in [0, 0.1) is 6.92 Å². The zero-order valence-corrected chi connectivity index (χ0v) is 18.4. The standard InChI is InChI=1S/C23H26BrNO3/c1-15-13-18-20(19(24)14-15)25(22(27)21(18)26)11-5-6-12-28-17-9-7-16(8-10-17)23(2,3)4/h7-10,13-14H,5-6,11-12H2,1-4H3. The molecule has 148 valence electrons. The van der Waals surface area contributed by atoms with Gasteiger partial charge in [-0.2, -0.15) is 0 Å². The zero-order valence-electron chi connectivity index (χ0n) is 16.8. The minimum atomic E-state index is -0.444. The molecule has 2 aromatic rings. The zero-order chi connectivity index (χ0) is 20.5. The summed E-state index contributed by atoms with van der Waals surface area (Å²) in [5.74, 6) is -0.0152. The Balaban J connectivity index is 1.53. The minimum absolute atomic E-state index is 0.126. The number of amides is 1. The molecule has 0 bridgehead atoms. The van der Waals surface area contributed by atoms with Gasteiger partial charge < -0.3 is 9.64 Å². The lowest BCUT2D eigenvalue weighted by molar-refractivity contribution is -0.114. The van der Waals surface area contributed by atoms with E-state index in [0.29, 0.717) is 24.4 Å². The predicted molar refractivity (Wildman–Crippen MR) is 115 cm³/mol. The fourth-order valence-electron chi connectivity index (χ4n) is 3.35. The molecule has 0 saturated carbocycles. The Bertz CT molecular complexity index is 897. The molecule has 0 N–H and O–H groups in total. The first kappa shape index (κ1) is 20.6. The average Bonchev–Trinajstić information content (AvgIpc) is 2.86. The van der Waals surface area contributed by atoms with Crippen LogP contribution in [0.15, 0.2) is 40.9 Å². The summed E-state index contributed by atoms with van der Waals surface area (Å²) >= 11 is 3.50. The van der Waals surface area contributed by atoms with E-state index in [1.165, 1.54) is 5.56 Å². The highest BCUT2D eigenvalue weighted by atomic mass is 79.9. The summed E-state index contributed by atoms with van der Waals surface area (Å²) in [4.78, 5) is 26.2. The number of hydrogen-bond acceptors (Lipinski definition) is 3. The van der Waals surface area contributed by atoms with Crippen LogP contribution < -0.4 is 9.64 Å². The van der Waals surface area contributed by atoms with E-state index in [1.807, 2.05) is 25.1 Å². The van der Waals surface area contributed by atoms with Crippen LogP contribution in [-0.4, -0.2) is 24.8 Å². The lowest BCUT2D eigenvalue weighted by Gasteiger charge is -2.19. The summed E-state index contributed by atoms with van der Waals surface area (Å²) in [6, 6.07) is 11.9. The van der Waals surface area contributed by atoms with Gasteiger partial charge in [0.1, 0.15) is 5.75 Å². The number of carbonyl (C=O) groups is 2. The Morgan fingerprint density at radius 1 is 1.04 bits per heavy atom. The molecule has 0 atom stereocenters. The summed E-state index contributed by atoms with van der Waals surface area (Å²) in [5.41, 5.74) is 3.55. The first-order valence-corrected chi connectivity index (χ1v) is 10.4. The highest BCUT2D eigenvalue weighted by molar-refractivity contribution is 9.10. The lowest BCUT2D eigenvalue weighted by atomic mass is 9.87. The Morgan fingerprint density at radius 3 is 2.36 bits per heavy atom. The second-order valence-corrected chi connectivity index (χ2v) is 9.11. The summed E-state index contributed by atoms with van der Waals surface area (Å²) in [5, 5.41) is 0.